The van der Waals surface area contributed by atoms with E-state index in [9.17, 15) is 18.3 Å². The topological polar surface area (TPSA) is 58.0 Å². The van der Waals surface area contributed by atoms with Crippen LogP contribution in [0.5, 0.6) is 0 Å². The lowest BCUT2D eigenvalue weighted by Crippen LogP contribution is -2.38. The average molecular weight is 460 g/mol. The molecule has 9 heteroatoms. The van der Waals surface area contributed by atoms with E-state index in [-0.39, 0.29) is 30.9 Å². The molecule has 1 aromatic carbocycles. The highest BCUT2D eigenvalue weighted by molar-refractivity contribution is 5.86. The number of aromatic nitrogens is 2. The molecule has 0 radical (unpaired) electrons. The van der Waals surface area contributed by atoms with Crippen molar-refractivity contribution in [2.75, 3.05) is 6.54 Å². The predicted molar refractivity (Wildman–Crippen MR) is 115 cm³/mol. The molecule has 4 rings (SSSR count). The van der Waals surface area contributed by atoms with Crippen molar-refractivity contribution in [2.45, 2.75) is 37.6 Å². The number of nitrogens with one attached hydrogen (secondary N) is 1. The van der Waals surface area contributed by atoms with E-state index in [1.807, 2.05) is 24.3 Å². The maximum Gasteiger partial charge on any atom is 0.433 e. The first-order valence-corrected chi connectivity index (χ1v) is 9.28. The molecule has 3 aromatic rings. The minimum absolute atomic E-state index is 0. The van der Waals surface area contributed by atoms with Crippen molar-refractivity contribution in [3.8, 4) is 11.3 Å². The Hall–Kier alpha value is -1.93. The molecule has 30 heavy (non-hydrogen) atoms. The molecule has 162 valence electrons. The van der Waals surface area contributed by atoms with E-state index in [4.69, 9.17) is 0 Å². The number of nitrogens with zero attached hydrogens (tertiary/aromatic N) is 2. The molecule has 0 bridgehead atoms. The van der Waals surface area contributed by atoms with Gasteiger partial charge in [-0.05, 0) is 49.2 Å². The molecule has 2 aromatic heterocycles. The zero-order valence-corrected chi connectivity index (χ0v) is 17.5. The number of hydrogen-bond acceptors (Lipinski definition) is 4. The smallest absolute Gasteiger partial charge is 0.387 e. The van der Waals surface area contributed by atoms with Gasteiger partial charge in [0.25, 0.3) is 0 Å². The lowest BCUT2D eigenvalue weighted by Gasteiger charge is -2.29. The van der Waals surface area contributed by atoms with Crippen LogP contribution in [0, 0.1) is 0 Å². The summed E-state index contributed by atoms with van der Waals surface area (Å²) in [6.07, 6.45) is -1.03. The van der Waals surface area contributed by atoms with Gasteiger partial charge in [0.05, 0.1) is 17.3 Å². The molecule has 1 aliphatic rings. The van der Waals surface area contributed by atoms with Crippen LogP contribution in [-0.4, -0.2) is 27.7 Å². The zero-order valence-electron chi connectivity index (χ0n) is 15.9. The summed E-state index contributed by atoms with van der Waals surface area (Å²) in [7, 11) is 0. The summed E-state index contributed by atoms with van der Waals surface area (Å²) in [5.41, 5.74) is 1.43. The predicted octanol–water partition coefficient (Wildman–Crippen LogP) is 5.33. The van der Waals surface area contributed by atoms with Gasteiger partial charge >= 0.3 is 6.18 Å². The van der Waals surface area contributed by atoms with Gasteiger partial charge < -0.3 is 10.4 Å². The van der Waals surface area contributed by atoms with Crippen molar-refractivity contribution < 1.29 is 18.3 Å². The van der Waals surface area contributed by atoms with Gasteiger partial charge in [-0.15, -0.1) is 24.8 Å². The van der Waals surface area contributed by atoms with Crippen LogP contribution in [0.2, 0.25) is 0 Å². The first-order valence-electron chi connectivity index (χ1n) is 9.28. The fourth-order valence-electron chi connectivity index (χ4n) is 3.67. The fourth-order valence-corrected chi connectivity index (χ4v) is 3.67. The highest BCUT2D eigenvalue weighted by Crippen LogP contribution is 2.33. The highest BCUT2D eigenvalue weighted by Gasteiger charge is 2.32. The Balaban J connectivity index is 0.00000160. The zero-order chi connectivity index (χ0) is 19.7. The van der Waals surface area contributed by atoms with Crippen LogP contribution in [0.1, 0.15) is 36.6 Å². The molecule has 4 nitrogen and oxygen atoms in total. The molecule has 0 unspecified atom stereocenters. The van der Waals surface area contributed by atoms with E-state index < -0.39 is 18.0 Å². The molecule has 0 saturated carbocycles. The van der Waals surface area contributed by atoms with Gasteiger partial charge in [0, 0.05) is 23.2 Å². The fraction of sp³-hybridized carbons (Fsp3) is 0.333. The van der Waals surface area contributed by atoms with Crippen molar-refractivity contribution in [1.82, 2.24) is 15.3 Å². The first-order chi connectivity index (χ1) is 13.4. The summed E-state index contributed by atoms with van der Waals surface area (Å²) in [6, 6.07) is 11.5. The summed E-state index contributed by atoms with van der Waals surface area (Å²) in [5.74, 6) is 0. The van der Waals surface area contributed by atoms with Crippen LogP contribution in [0.4, 0.5) is 13.2 Å². The van der Waals surface area contributed by atoms with Gasteiger partial charge in [-0.25, -0.2) is 4.98 Å². The molecule has 1 saturated heterocycles. The molecule has 0 amide bonds. The van der Waals surface area contributed by atoms with Crippen LogP contribution >= 0.6 is 24.8 Å². The van der Waals surface area contributed by atoms with Crippen LogP contribution in [0.25, 0.3) is 22.2 Å². The van der Waals surface area contributed by atoms with E-state index in [0.717, 1.165) is 42.8 Å². The Morgan fingerprint density at radius 1 is 1.07 bits per heavy atom. The molecule has 1 aliphatic heterocycles. The Bertz CT molecular complexity index is 977. The number of hydrogen-bond donors (Lipinski definition) is 2. The Morgan fingerprint density at radius 3 is 2.47 bits per heavy atom. The Labute approximate surface area is 184 Å². The van der Waals surface area contributed by atoms with Crippen molar-refractivity contribution in [3.63, 3.8) is 0 Å². The second-order valence-corrected chi connectivity index (χ2v) is 7.04. The molecule has 0 aliphatic carbocycles. The lowest BCUT2D eigenvalue weighted by atomic mass is 9.92. The highest BCUT2D eigenvalue weighted by atomic mass is 35.5. The molecule has 3 heterocycles. The van der Waals surface area contributed by atoms with Crippen LogP contribution in [0.15, 0.2) is 48.7 Å². The van der Waals surface area contributed by atoms with Crippen molar-refractivity contribution in [2.24, 2.45) is 0 Å². The number of fused-ring (bicyclic) bond motifs is 1. The van der Waals surface area contributed by atoms with E-state index in [1.165, 1.54) is 12.3 Å². The van der Waals surface area contributed by atoms with Gasteiger partial charge in [-0.3, -0.25) is 4.98 Å². The number of piperidine rings is 1. The third-order valence-electron chi connectivity index (χ3n) is 5.15. The summed E-state index contributed by atoms with van der Waals surface area (Å²) in [4.78, 5) is 8.10. The van der Waals surface area contributed by atoms with Gasteiger partial charge in [-0.1, -0.05) is 24.6 Å². The number of para-hydroxylation sites is 1. The second kappa shape index (κ2) is 9.92. The van der Waals surface area contributed by atoms with Crippen molar-refractivity contribution in [1.29, 1.82) is 0 Å². The SMILES string of the molecule is Cl.Cl.O[C@H](c1cc(-c2ccc(C(F)(F)F)nc2)nc2ccccc12)[C@@H]1CCCCN1. The molecular weight excluding hydrogens is 438 g/mol. The normalized spacial score (nSPS) is 17.7. The summed E-state index contributed by atoms with van der Waals surface area (Å²) >= 11 is 0. The quantitative estimate of drug-likeness (QED) is 0.555. The van der Waals surface area contributed by atoms with E-state index in [1.54, 1.807) is 6.07 Å². The third-order valence-corrected chi connectivity index (χ3v) is 5.15. The second-order valence-electron chi connectivity index (χ2n) is 7.04. The summed E-state index contributed by atoms with van der Waals surface area (Å²) < 4.78 is 38.4. The van der Waals surface area contributed by atoms with E-state index >= 15 is 0 Å². The summed E-state index contributed by atoms with van der Waals surface area (Å²) in [6.45, 7) is 0.862. The van der Waals surface area contributed by atoms with Crippen LogP contribution in [-0.2, 0) is 6.18 Å². The number of benzene rings is 1. The number of aliphatic hydroxyl groups excluding tert-OH is 1. The third kappa shape index (κ3) is 5.03. The molecule has 2 N–H and O–H groups in total. The average Bonchev–Trinajstić information content (AvgIpc) is 2.72. The van der Waals surface area contributed by atoms with Crippen molar-refractivity contribution >= 4 is 35.7 Å². The monoisotopic (exact) mass is 459 g/mol. The number of alkyl halides is 3. The maximum atomic E-state index is 12.8. The molecule has 1 fully saturated rings. The number of halogens is 5. The molecule has 0 spiro atoms. The van der Waals surface area contributed by atoms with E-state index in [0.29, 0.717) is 16.8 Å². The van der Waals surface area contributed by atoms with Gasteiger partial charge in [0.15, 0.2) is 0 Å². The summed E-state index contributed by atoms with van der Waals surface area (Å²) in [5, 5.41) is 15.2. The Morgan fingerprint density at radius 2 is 1.83 bits per heavy atom. The maximum absolute atomic E-state index is 12.8. The Kier molecular flexibility index (Phi) is 8.05. The molecule has 2 atom stereocenters. The number of aliphatic hydroxyl groups is 1. The molecular formula is C21H22Cl2F3N3O. The van der Waals surface area contributed by atoms with Gasteiger partial charge in [-0.2, -0.15) is 13.2 Å². The van der Waals surface area contributed by atoms with E-state index in [2.05, 4.69) is 15.3 Å². The first kappa shape index (κ1) is 24.3. The minimum Gasteiger partial charge on any atom is -0.387 e. The lowest BCUT2D eigenvalue weighted by molar-refractivity contribution is -0.141. The van der Waals surface area contributed by atoms with Gasteiger partial charge in [0.2, 0.25) is 0 Å². The van der Waals surface area contributed by atoms with Gasteiger partial charge in [0.1, 0.15) is 5.69 Å². The standard InChI is InChI=1S/C21H20F3N3O.2ClH/c22-21(23,24)19-9-8-13(12-26-19)18-11-15(14-5-1-2-6-16(14)27-18)20(28)17-7-3-4-10-25-17;;/h1-2,5-6,8-9,11-12,17,20,25,28H,3-4,7,10H2;2*1H/t17-,20+;;/m0../s1. The largest absolute Gasteiger partial charge is 0.433 e. The van der Waals surface area contributed by atoms with Crippen molar-refractivity contribution in [3.05, 3.63) is 59.9 Å². The van der Waals surface area contributed by atoms with Crippen LogP contribution < -0.4 is 5.32 Å². The number of rotatable bonds is 3. The number of pyridine rings is 2. The van der Waals surface area contributed by atoms with Crippen LogP contribution in [0.3, 0.4) is 0 Å². The minimum atomic E-state index is -4.48.